The molecular formula is C14H20N2O2. The molecule has 1 aromatic carbocycles. The van der Waals surface area contributed by atoms with Gasteiger partial charge in [0.15, 0.2) is 0 Å². The summed E-state index contributed by atoms with van der Waals surface area (Å²) in [5.41, 5.74) is 0.701. The number of piperidine rings is 1. The third-order valence-corrected chi connectivity index (χ3v) is 3.31. The second-order valence-electron chi connectivity index (χ2n) is 4.69. The fourth-order valence-corrected chi connectivity index (χ4v) is 2.16. The monoisotopic (exact) mass is 248 g/mol. The van der Waals surface area contributed by atoms with Crippen LogP contribution in [0.1, 0.15) is 23.2 Å². The van der Waals surface area contributed by atoms with Crippen molar-refractivity contribution in [1.82, 2.24) is 10.2 Å². The first-order valence-electron chi connectivity index (χ1n) is 6.49. The number of amides is 1. The largest absolute Gasteiger partial charge is 0.393 e. The van der Waals surface area contributed by atoms with Gasteiger partial charge in [0.1, 0.15) is 0 Å². The van der Waals surface area contributed by atoms with Crippen LogP contribution in [-0.2, 0) is 0 Å². The number of benzene rings is 1. The first-order valence-corrected chi connectivity index (χ1v) is 6.49. The molecule has 1 aliphatic heterocycles. The highest BCUT2D eigenvalue weighted by molar-refractivity contribution is 5.94. The minimum absolute atomic E-state index is 0.0207. The number of aliphatic hydroxyl groups excluding tert-OH is 1. The molecule has 0 atom stereocenters. The van der Waals surface area contributed by atoms with Crippen LogP contribution < -0.4 is 5.32 Å². The van der Waals surface area contributed by atoms with Gasteiger partial charge >= 0.3 is 0 Å². The predicted octanol–water partition coefficient (Wildman–Crippen LogP) is 0.873. The van der Waals surface area contributed by atoms with Crippen LogP contribution in [0.2, 0.25) is 0 Å². The fourth-order valence-electron chi connectivity index (χ4n) is 2.16. The fraction of sp³-hybridized carbons (Fsp3) is 0.500. The van der Waals surface area contributed by atoms with Crippen molar-refractivity contribution in [3.8, 4) is 0 Å². The van der Waals surface area contributed by atoms with Gasteiger partial charge in [0, 0.05) is 31.7 Å². The second kappa shape index (κ2) is 6.52. The van der Waals surface area contributed by atoms with Crippen molar-refractivity contribution in [2.24, 2.45) is 0 Å². The van der Waals surface area contributed by atoms with Gasteiger partial charge in [-0.25, -0.2) is 0 Å². The van der Waals surface area contributed by atoms with Gasteiger partial charge in [0.05, 0.1) is 6.10 Å². The molecule has 1 aliphatic rings. The standard InChI is InChI=1S/C14H20N2O2/c17-13-6-9-16(10-7-13)11-8-15-14(18)12-4-2-1-3-5-12/h1-5,13,17H,6-11H2,(H,15,18). The summed E-state index contributed by atoms with van der Waals surface area (Å²) in [6.45, 7) is 3.35. The van der Waals surface area contributed by atoms with Crippen LogP contribution in [-0.4, -0.2) is 48.2 Å². The summed E-state index contributed by atoms with van der Waals surface area (Å²) in [5.74, 6) is -0.0207. The molecule has 4 nitrogen and oxygen atoms in total. The molecule has 18 heavy (non-hydrogen) atoms. The first-order chi connectivity index (χ1) is 8.75. The second-order valence-corrected chi connectivity index (χ2v) is 4.69. The van der Waals surface area contributed by atoms with Crippen molar-refractivity contribution in [2.75, 3.05) is 26.2 Å². The lowest BCUT2D eigenvalue weighted by Crippen LogP contribution is -2.40. The Kier molecular flexibility index (Phi) is 4.73. The molecule has 0 bridgehead atoms. The van der Waals surface area contributed by atoms with Crippen LogP contribution in [0.25, 0.3) is 0 Å². The summed E-state index contributed by atoms with van der Waals surface area (Å²) in [6, 6.07) is 9.25. The zero-order chi connectivity index (χ0) is 12.8. The van der Waals surface area contributed by atoms with Crippen LogP contribution in [0, 0.1) is 0 Å². The van der Waals surface area contributed by atoms with Gasteiger partial charge in [-0.05, 0) is 25.0 Å². The maximum atomic E-state index is 11.8. The highest BCUT2D eigenvalue weighted by atomic mass is 16.3. The van der Waals surface area contributed by atoms with Crippen LogP contribution in [0.4, 0.5) is 0 Å². The van der Waals surface area contributed by atoms with E-state index in [1.54, 1.807) is 0 Å². The molecule has 0 spiro atoms. The van der Waals surface area contributed by atoms with Crippen molar-refractivity contribution in [2.45, 2.75) is 18.9 Å². The van der Waals surface area contributed by atoms with E-state index in [0.717, 1.165) is 32.5 Å². The molecule has 1 amide bonds. The number of nitrogens with zero attached hydrogens (tertiary/aromatic N) is 1. The van der Waals surface area contributed by atoms with Gasteiger partial charge in [-0.1, -0.05) is 18.2 Å². The Bertz CT molecular complexity index is 373. The van der Waals surface area contributed by atoms with E-state index < -0.39 is 0 Å². The summed E-state index contributed by atoms with van der Waals surface area (Å²) >= 11 is 0. The molecule has 0 saturated carbocycles. The smallest absolute Gasteiger partial charge is 0.251 e. The van der Waals surface area contributed by atoms with E-state index in [9.17, 15) is 9.90 Å². The Hall–Kier alpha value is -1.39. The molecule has 1 aromatic rings. The molecule has 0 unspecified atom stereocenters. The summed E-state index contributed by atoms with van der Waals surface area (Å²) in [4.78, 5) is 14.0. The maximum absolute atomic E-state index is 11.8. The van der Waals surface area contributed by atoms with Gasteiger partial charge in [-0.2, -0.15) is 0 Å². The Morgan fingerprint density at radius 3 is 2.61 bits per heavy atom. The van der Waals surface area contributed by atoms with Gasteiger partial charge in [0.2, 0.25) is 0 Å². The topological polar surface area (TPSA) is 52.6 Å². The van der Waals surface area contributed by atoms with Crippen LogP contribution in [0.15, 0.2) is 30.3 Å². The lowest BCUT2D eigenvalue weighted by Gasteiger charge is -2.29. The average Bonchev–Trinajstić information content (AvgIpc) is 2.42. The highest BCUT2D eigenvalue weighted by Gasteiger charge is 2.16. The zero-order valence-corrected chi connectivity index (χ0v) is 10.5. The summed E-state index contributed by atoms with van der Waals surface area (Å²) in [5, 5.41) is 12.3. The van der Waals surface area contributed by atoms with E-state index in [-0.39, 0.29) is 12.0 Å². The quantitative estimate of drug-likeness (QED) is 0.831. The molecule has 0 radical (unpaired) electrons. The molecule has 0 aliphatic carbocycles. The number of hydrogen-bond donors (Lipinski definition) is 2. The number of carbonyl (C=O) groups excluding carboxylic acids is 1. The third-order valence-electron chi connectivity index (χ3n) is 3.31. The van der Waals surface area contributed by atoms with Crippen molar-refractivity contribution in [1.29, 1.82) is 0 Å². The minimum Gasteiger partial charge on any atom is -0.393 e. The molecule has 0 aromatic heterocycles. The van der Waals surface area contributed by atoms with Gasteiger partial charge in [-0.3, -0.25) is 4.79 Å². The number of nitrogens with one attached hydrogen (secondary N) is 1. The van der Waals surface area contributed by atoms with Gasteiger partial charge in [0.25, 0.3) is 5.91 Å². The highest BCUT2D eigenvalue weighted by Crippen LogP contribution is 2.08. The normalized spacial score (nSPS) is 17.6. The number of aliphatic hydroxyl groups is 1. The molecule has 2 rings (SSSR count). The van der Waals surface area contributed by atoms with Crippen molar-refractivity contribution in [3.05, 3.63) is 35.9 Å². The zero-order valence-electron chi connectivity index (χ0n) is 10.5. The molecule has 2 N–H and O–H groups in total. The maximum Gasteiger partial charge on any atom is 0.251 e. The number of likely N-dealkylation sites (tertiary alicyclic amines) is 1. The van der Waals surface area contributed by atoms with Crippen molar-refractivity contribution in [3.63, 3.8) is 0 Å². The summed E-state index contributed by atoms with van der Waals surface area (Å²) in [7, 11) is 0. The lowest BCUT2D eigenvalue weighted by atomic mass is 10.1. The SMILES string of the molecule is O=C(NCCN1CCC(O)CC1)c1ccccc1. The van der Waals surface area contributed by atoms with Crippen molar-refractivity contribution >= 4 is 5.91 Å². The summed E-state index contributed by atoms with van der Waals surface area (Å²) in [6.07, 6.45) is 1.54. The number of hydrogen-bond acceptors (Lipinski definition) is 3. The van der Waals surface area contributed by atoms with E-state index >= 15 is 0 Å². The Morgan fingerprint density at radius 1 is 1.28 bits per heavy atom. The average molecular weight is 248 g/mol. The van der Waals surface area contributed by atoms with Crippen LogP contribution >= 0.6 is 0 Å². The lowest BCUT2D eigenvalue weighted by molar-refractivity contribution is 0.0804. The van der Waals surface area contributed by atoms with E-state index in [0.29, 0.717) is 12.1 Å². The van der Waals surface area contributed by atoms with Gasteiger partial charge in [-0.15, -0.1) is 0 Å². The molecular weight excluding hydrogens is 228 g/mol. The Morgan fingerprint density at radius 2 is 1.94 bits per heavy atom. The third kappa shape index (κ3) is 3.82. The number of rotatable bonds is 4. The molecule has 1 heterocycles. The van der Waals surface area contributed by atoms with E-state index in [1.807, 2.05) is 30.3 Å². The van der Waals surface area contributed by atoms with Gasteiger partial charge < -0.3 is 15.3 Å². The molecule has 98 valence electrons. The van der Waals surface area contributed by atoms with Crippen LogP contribution in [0.3, 0.4) is 0 Å². The first kappa shape index (κ1) is 13.1. The predicted molar refractivity (Wildman–Crippen MR) is 70.5 cm³/mol. The van der Waals surface area contributed by atoms with E-state index in [2.05, 4.69) is 10.2 Å². The van der Waals surface area contributed by atoms with Crippen molar-refractivity contribution < 1.29 is 9.90 Å². The molecule has 1 saturated heterocycles. The van der Waals surface area contributed by atoms with Crippen LogP contribution in [0.5, 0.6) is 0 Å². The summed E-state index contributed by atoms with van der Waals surface area (Å²) < 4.78 is 0. The minimum atomic E-state index is -0.139. The Balaban J connectivity index is 1.68. The number of carbonyl (C=O) groups is 1. The molecule has 1 fully saturated rings. The van der Waals surface area contributed by atoms with E-state index in [4.69, 9.17) is 0 Å². The molecule has 4 heteroatoms. The Labute approximate surface area is 108 Å². The van der Waals surface area contributed by atoms with E-state index in [1.165, 1.54) is 0 Å².